The number of aryl methyl sites for hydroxylation is 1. The van der Waals surface area contributed by atoms with Gasteiger partial charge in [-0.25, -0.2) is 0 Å². The van der Waals surface area contributed by atoms with Crippen molar-refractivity contribution < 1.29 is 4.79 Å². The lowest BCUT2D eigenvalue weighted by molar-refractivity contribution is 0.0985. The number of rotatable bonds is 0. The van der Waals surface area contributed by atoms with Gasteiger partial charge in [0, 0.05) is 10.0 Å². The van der Waals surface area contributed by atoms with Crippen molar-refractivity contribution in [1.29, 1.82) is 0 Å². The van der Waals surface area contributed by atoms with E-state index in [1.54, 1.807) is 0 Å². The SMILES string of the molecule is O=C1c2ccc(Br)cc2CCCCC1Br. The Morgan fingerprint density at radius 2 is 2.07 bits per heavy atom. The van der Waals surface area contributed by atoms with Gasteiger partial charge in [-0.15, -0.1) is 0 Å². The van der Waals surface area contributed by atoms with Gasteiger partial charge < -0.3 is 0 Å². The highest BCUT2D eigenvalue weighted by molar-refractivity contribution is 9.10. The van der Waals surface area contributed by atoms with E-state index in [2.05, 4.69) is 37.9 Å². The zero-order valence-electron chi connectivity index (χ0n) is 8.30. The Hall–Kier alpha value is -0.150. The Bertz CT molecular complexity index is 387. The molecule has 0 amide bonds. The Morgan fingerprint density at radius 1 is 1.27 bits per heavy atom. The Labute approximate surface area is 107 Å². The highest BCUT2D eigenvalue weighted by atomic mass is 79.9. The van der Waals surface area contributed by atoms with Crippen LogP contribution in [0.5, 0.6) is 0 Å². The van der Waals surface area contributed by atoms with Crippen LogP contribution in [-0.2, 0) is 6.42 Å². The summed E-state index contributed by atoms with van der Waals surface area (Å²) in [6, 6.07) is 5.94. The maximum Gasteiger partial charge on any atom is 0.176 e. The summed E-state index contributed by atoms with van der Waals surface area (Å²) in [4.78, 5) is 12.0. The van der Waals surface area contributed by atoms with Gasteiger partial charge in [-0.1, -0.05) is 38.3 Å². The van der Waals surface area contributed by atoms with Crippen LogP contribution < -0.4 is 0 Å². The summed E-state index contributed by atoms with van der Waals surface area (Å²) in [7, 11) is 0. The molecule has 1 nitrogen and oxygen atoms in total. The molecule has 1 aromatic carbocycles. The quantitative estimate of drug-likeness (QED) is 0.653. The molecule has 1 unspecified atom stereocenters. The number of hydrogen-bond acceptors (Lipinski definition) is 1. The summed E-state index contributed by atoms with van der Waals surface area (Å²) >= 11 is 6.91. The van der Waals surface area contributed by atoms with E-state index in [0.29, 0.717) is 0 Å². The lowest BCUT2D eigenvalue weighted by atomic mass is 9.92. The average Bonchev–Trinajstić information content (AvgIpc) is 2.22. The van der Waals surface area contributed by atoms with E-state index < -0.39 is 0 Å². The van der Waals surface area contributed by atoms with Crippen molar-refractivity contribution in [3.63, 3.8) is 0 Å². The van der Waals surface area contributed by atoms with Crippen LogP contribution in [0.3, 0.4) is 0 Å². The molecule has 0 N–H and O–H groups in total. The molecule has 1 aliphatic carbocycles. The fourth-order valence-corrected chi connectivity index (χ4v) is 2.93. The van der Waals surface area contributed by atoms with Gasteiger partial charge in [0.25, 0.3) is 0 Å². The van der Waals surface area contributed by atoms with Crippen LogP contribution >= 0.6 is 31.9 Å². The molecule has 0 saturated carbocycles. The largest absolute Gasteiger partial charge is 0.293 e. The molecule has 0 aliphatic heterocycles. The van der Waals surface area contributed by atoms with E-state index in [0.717, 1.165) is 29.3 Å². The lowest BCUT2D eigenvalue weighted by Crippen LogP contribution is -2.18. The van der Waals surface area contributed by atoms with E-state index in [9.17, 15) is 4.79 Å². The van der Waals surface area contributed by atoms with Crippen molar-refractivity contribution >= 4 is 37.6 Å². The molecule has 15 heavy (non-hydrogen) atoms. The van der Waals surface area contributed by atoms with Gasteiger partial charge in [-0.05, 0) is 43.0 Å². The number of hydrogen-bond donors (Lipinski definition) is 0. The molecule has 3 heteroatoms. The molecule has 2 rings (SSSR count). The monoisotopic (exact) mass is 330 g/mol. The van der Waals surface area contributed by atoms with Gasteiger partial charge in [-0.3, -0.25) is 4.79 Å². The highest BCUT2D eigenvalue weighted by Crippen LogP contribution is 2.26. The molecule has 80 valence electrons. The molecule has 1 aliphatic rings. The van der Waals surface area contributed by atoms with E-state index in [1.807, 2.05) is 12.1 Å². The summed E-state index contributed by atoms with van der Waals surface area (Å²) in [6.07, 6.45) is 4.25. The summed E-state index contributed by atoms with van der Waals surface area (Å²) in [5.74, 6) is 0.234. The maximum atomic E-state index is 12.0. The van der Waals surface area contributed by atoms with Crippen molar-refractivity contribution in [1.82, 2.24) is 0 Å². The molecule has 1 aromatic rings. The van der Waals surface area contributed by atoms with Crippen molar-refractivity contribution in [3.05, 3.63) is 33.8 Å². The maximum absolute atomic E-state index is 12.0. The first-order chi connectivity index (χ1) is 7.18. The standard InChI is InChI=1S/C12H12Br2O/c13-9-5-6-10-8(7-9)3-1-2-4-11(14)12(10)15/h5-7,11H,1-4H2. The lowest BCUT2D eigenvalue weighted by Gasteiger charge is -2.16. The Balaban J connectivity index is 2.43. The van der Waals surface area contributed by atoms with Gasteiger partial charge in [0.15, 0.2) is 5.78 Å². The van der Waals surface area contributed by atoms with Gasteiger partial charge in [-0.2, -0.15) is 0 Å². The molecular weight excluding hydrogens is 320 g/mol. The molecule has 0 saturated heterocycles. The number of alkyl halides is 1. The normalized spacial score (nSPS) is 21.7. The number of ketones is 1. The molecule has 0 spiro atoms. The van der Waals surface area contributed by atoms with Gasteiger partial charge in [0.05, 0.1) is 4.83 Å². The zero-order chi connectivity index (χ0) is 10.8. The molecule has 0 radical (unpaired) electrons. The van der Waals surface area contributed by atoms with Crippen LogP contribution in [0.4, 0.5) is 0 Å². The molecule has 0 fully saturated rings. The highest BCUT2D eigenvalue weighted by Gasteiger charge is 2.21. The molecule has 0 bridgehead atoms. The van der Waals surface area contributed by atoms with Gasteiger partial charge >= 0.3 is 0 Å². The molecule has 0 heterocycles. The second-order valence-electron chi connectivity index (χ2n) is 3.88. The van der Waals surface area contributed by atoms with Crippen molar-refractivity contribution in [2.45, 2.75) is 30.5 Å². The topological polar surface area (TPSA) is 17.1 Å². The van der Waals surface area contributed by atoms with Crippen molar-refractivity contribution in [3.8, 4) is 0 Å². The fourth-order valence-electron chi connectivity index (χ4n) is 1.95. The van der Waals surface area contributed by atoms with Crippen LogP contribution in [0.25, 0.3) is 0 Å². The summed E-state index contributed by atoms with van der Waals surface area (Å²) in [5.41, 5.74) is 2.07. The summed E-state index contributed by atoms with van der Waals surface area (Å²) in [6.45, 7) is 0. The van der Waals surface area contributed by atoms with Gasteiger partial charge in [0.1, 0.15) is 0 Å². The summed E-state index contributed by atoms with van der Waals surface area (Å²) in [5, 5.41) is 0. The van der Waals surface area contributed by atoms with E-state index in [4.69, 9.17) is 0 Å². The van der Waals surface area contributed by atoms with Crippen LogP contribution in [0.2, 0.25) is 0 Å². The number of benzene rings is 1. The van der Waals surface area contributed by atoms with Crippen LogP contribution in [0.15, 0.2) is 22.7 Å². The smallest absolute Gasteiger partial charge is 0.176 e. The van der Waals surface area contributed by atoms with Crippen molar-refractivity contribution in [2.24, 2.45) is 0 Å². The molecular formula is C12H12Br2O. The first-order valence-corrected chi connectivity index (χ1v) is 6.86. The van der Waals surface area contributed by atoms with E-state index in [-0.39, 0.29) is 10.6 Å². The third kappa shape index (κ3) is 2.51. The molecule has 1 atom stereocenters. The first-order valence-electron chi connectivity index (χ1n) is 5.15. The predicted molar refractivity (Wildman–Crippen MR) is 68.7 cm³/mol. The zero-order valence-corrected chi connectivity index (χ0v) is 11.5. The first kappa shape index (κ1) is 11.3. The number of fused-ring (bicyclic) bond motifs is 1. The summed E-state index contributed by atoms with van der Waals surface area (Å²) < 4.78 is 1.06. The van der Waals surface area contributed by atoms with Crippen LogP contribution in [0.1, 0.15) is 35.2 Å². The third-order valence-electron chi connectivity index (χ3n) is 2.77. The Kier molecular flexibility index (Phi) is 3.62. The van der Waals surface area contributed by atoms with E-state index >= 15 is 0 Å². The second-order valence-corrected chi connectivity index (χ2v) is 5.90. The van der Waals surface area contributed by atoms with Gasteiger partial charge in [0.2, 0.25) is 0 Å². The minimum atomic E-state index is -0.00211. The second kappa shape index (κ2) is 4.79. The van der Waals surface area contributed by atoms with Crippen LogP contribution in [-0.4, -0.2) is 10.6 Å². The number of Topliss-reactive ketones (excluding diaryl/α,β-unsaturated/α-hetero) is 1. The minimum absolute atomic E-state index is 0.00211. The minimum Gasteiger partial charge on any atom is -0.293 e. The fraction of sp³-hybridized carbons (Fsp3) is 0.417. The average molecular weight is 332 g/mol. The number of carbonyl (C=O) groups is 1. The van der Waals surface area contributed by atoms with E-state index in [1.165, 1.54) is 12.0 Å². The third-order valence-corrected chi connectivity index (χ3v) is 4.14. The van der Waals surface area contributed by atoms with Crippen LogP contribution in [0, 0.1) is 0 Å². The van der Waals surface area contributed by atoms with Crippen molar-refractivity contribution in [2.75, 3.05) is 0 Å². The number of halogens is 2. The Morgan fingerprint density at radius 3 is 2.87 bits per heavy atom. The molecule has 0 aromatic heterocycles. The number of carbonyl (C=O) groups excluding carboxylic acids is 1. The predicted octanol–water partition coefficient (Wildman–Crippen LogP) is 4.12.